The summed E-state index contributed by atoms with van der Waals surface area (Å²) >= 11 is 0. The minimum Gasteiger partial charge on any atom is -0.396 e. The number of nitrogens with two attached hydrogens (primary N) is 1. The van der Waals surface area contributed by atoms with E-state index in [0.717, 1.165) is 18.7 Å². The predicted molar refractivity (Wildman–Crippen MR) is 75.7 cm³/mol. The van der Waals surface area contributed by atoms with Gasteiger partial charge in [0, 0.05) is 36.8 Å². The number of hydrogen-bond acceptors (Lipinski definition) is 3. The highest BCUT2D eigenvalue weighted by atomic mass is 16.3. The highest BCUT2D eigenvalue weighted by Gasteiger charge is 2.27. The Morgan fingerprint density at radius 1 is 1.22 bits per heavy atom. The summed E-state index contributed by atoms with van der Waals surface area (Å²) in [4.78, 5) is 2.41. The maximum atomic E-state index is 9.36. The molecule has 0 unspecified atom stereocenters. The summed E-state index contributed by atoms with van der Waals surface area (Å²) < 4.78 is 0. The van der Waals surface area contributed by atoms with Crippen LogP contribution in [0.25, 0.3) is 0 Å². The lowest BCUT2D eigenvalue weighted by atomic mass is 9.82. The molecule has 0 amide bonds. The Labute approximate surface area is 110 Å². The molecule has 1 saturated heterocycles. The van der Waals surface area contributed by atoms with E-state index in [4.69, 9.17) is 5.73 Å². The first-order valence-corrected chi connectivity index (χ1v) is 6.76. The summed E-state index contributed by atoms with van der Waals surface area (Å²) in [6.07, 6.45) is 2.58. The first-order valence-electron chi connectivity index (χ1n) is 6.76. The smallest absolute Gasteiger partial charge is 0.0500 e. The van der Waals surface area contributed by atoms with Gasteiger partial charge in [-0.15, -0.1) is 0 Å². The molecule has 0 bridgehead atoms. The second kappa shape index (κ2) is 5.29. The number of benzene rings is 1. The van der Waals surface area contributed by atoms with Crippen molar-refractivity contribution in [3.63, 3.8) is 0 Å². The highest BCUT2D eigenvalue weighted by molar-refractivity contribution is 5.48. The van der Waals surface area contributed by atoms with Crippen molar-refractivity contribution in [3.05, 3.63) is 29.8 Å². The van der Waals surface area contributed by atoms with E-state index in [1.165, 1.54) is 18.5 Å². The minimum absolute atomic E-state index is 0.0992. The Morgan fingerprint density at radius 2 is 1.78 bits per heavy atom. The molecule has 0 saturated carbocycles. The average molecular weight is 248 g/mol. The fraction of sp³-hybridized carbons (Fsp3) is 0.600. The molecule has 0 radical (unpaired) electrons. The summed E-state index contributed by atoms with van der Waals surface area (Å²) in [7, 11) is 0. The van der Waals surface area contributed by atoms with Gasteiger partial charge in [-0.25, -0.2) is 0 Å². The van der Waals surface area contributed by atoms with Crippen molar-refractivity contribution in [1.29, 1.82) is 0 Å². The van der Waals surface area contributed by atoms with Crippen LogP contribution in [0.1, 0.15) is 38.3 Å². The molecule has 1 aliphatic heterocycles. The summed E-state index contributed by atoms with van der Waals surface area (Å²) in [5.74, 6) is 0. The number of anilines is 1. The SMILES string of the molecule is CC(C)(CO)[C@@H](N)c1ccc(N2CCCC2)cc1. The largest absolute Gasteiger partial charge is 0.396 e. The third-order valence-electron chi connectivity index (χ3n) is 3.97. The van der Waals surface area contributed by atoms with E-state index in [1.54, 1.807) is 0 Å². The Kier molecular flexibility index (Phi) is 3.93. The molecule has 3 nitrogen and oxygen atoms in total. The Hall–Kier alpha value is -1.06. The Morgan fingerprint density at radius 3 is 2.28 bits per heavy atom. The molecule has 3 N–H and O–H groups in total. The summed E-state index contributed by atoms with van der Waals surface area (Å²) in [6.45, 7) is 6.40. The lowest BCUT2D eigenvalue weighted by Crippen LogP contribution is -2.32. The zero-order valence-corrected chi connectivity index (χ0v) is 11.4. The number of nitrogens with zero attached hydrogens (tertiary/aromatic N) is 1. The molecule has 1 aliphatic rings. The number of hydrogen-bond donors (Lipinski definition) is 2. The van der Waals surface area contributed by atoms with E-state index < -0.39 is 0 Å². The zero-order chi connectivity index (χ0) is 13.2. The van der Waals surface area contributed by atoms with Gasteiger partial charge in [0.2, 0.25) is 0 Å². The molecule has 0 aliphatic carbocycles. The predicted octanol–water partition coefficient (Wildman–Crippen LogP) is 2.31. The fourth-order valence-corrected chi connectivity index (χ4v) is 2.42. The van der Waals surface area contributed by atoms with Gasteiger partial charge in [0.1, 0.15) is 0 Å². The van der Waals surface area contributed by atoms with Crippen LogP contribution in [0.4, 0.5) is 5.69 Å². The molecule has 1 heterocycles. The van der Waals surface area contributed by atoms with Crippen LogP contribution in [0.3, 0.4) is 0 Å². The van der Waals surface area contributed by atoms with E-state index in [9.17, 15) is 5.11 Å². The monoisotopic (exact) mass is 248 g/mol. The van der Waals surface area contributed by atoms with Gasteiger partial charge < -0.3 is 15.7 Å². The second-order valence-corrected chi connectivity index (χ2v) is 5.91. The van der Waals surface area contributed by atoms with E-state index >= 15 is 0 Å². The quantitative estimate of drug-likeness (QED) is 0.859. The molecule has 0 aromatic heterocycles. The third-order valence-corrected chi connectivity index (χ3v) is 3.97. The van der Waals surface area contributed by atoms with Crippen molar-refractivity contribution in [3.8, 4) is 0 Å². The first-order chi connectivity index (χ1) is 8.54. The van der Waals surface area contributed by atoms with Gasteiger partial charge >= 0.3 is 0 Å². The molecule has 1 atom stereocenters. The maximum absolute atomic E-state index is 9.36. The summed E-state index contributed by atoms with van der Waals surface area (Å²) in [5.41, 5.74) is 8.31. The molecular weight excluding hydrogens is 224 g/mol. The normalized spacial score (nSPS) is 18.1. The fourth-order valence-electron chi connectivity index (χ4n) is 2.42. The van der Waals surface area contributed by atoms with Crippen LogP contribution >= 0.6 is 0 Å². The molecule has 1 fully saturated rings. The van der Waals surface area contributed by atoms with Gasteiger partial charge in [-0.3, -0.25) is 0 Å². The van der Waals surface area contributed by atoms with Crippen LogP contribution in [-0.2, 0) is 0 Å². The Balaban J connectivity index is 2.12. The van der Waals surface area contributed by atoms with Crippen LogP contribution in [0.5, 0.6) is 0 Å². The van der Waals surface area contributed by atoms with Gasteiger partial charge in [0.25, 0.3) is 0 Å². The van der Waals surface area contributed by atoms with Crippen molar-refractivity contribution in [2.45, 2.75) is 32.7 Å². The van der Waals surface area contributed by atoms with Gasteiger partial charge in [-0.05, 0) is 30.5 Å². The van der Waals surface area contributed by atoms with Crippen LogP contribution in [0.2, 0.25) is 0 Å². The first kappa shape index (κ1) is 13.4. The molecular formula is C15H24N2O. The number of aliphatic hydroxyl groups excluding tert-OH is 1. The minimum atomic E-state index is -0.283. The average Bonchev–Trinajstić information content (AvgIpc) is 2.92. The maximum Gasteiger partial charge on any atom is 0.0500 e. The third kappa shape index (κ3) is 2.68. The van der Waals surface area contributed by atoms with Crippen molar-refractivity contribution >= 4 is 5.69 Å². The number of rotatable bonds is 4. The van der Waals surface area contributed by atoms with Crippen molar-refractivity contribution < 1.29 is 5.11 Å². The van der Waals surface area contributed by atoms with Crippen LogP contribution in [-0.4, -0.2) is 24.8 Å². The van der Waals surface area contributed by atoms with E-state index in [1.807, 2.05) is 13.8 Å². The molecule has 1 aromatic rings. The number of aliphatic hydroxyl groups is 1. The summed E-state index contributed by atoms with van der Waals surface area (Å²) in [5, 5.41) is 9.36. The van der Waals surface area contributed by atoms with Crippen LogP contribution in [0, 0.1) is 5.41 Å². The molecule has 1 aromatic carbocycles. The second-order valence-electron chi connectivity index (χ2n) is 5.91. The molecule has 18 heavy (non-hydrogen) atoms. The topological polar surface area (TPSA) is 49.5 Å². The van der Waals surface area contributed by atoms with Gasteiger partial charge in [-0.2, -0.15) is 0 Å². The van der Waals surface area contributed by atoms with Crippen LogP contribution in [0.15, 0.2) is 24.3 Å². The lowest BCUT2D eigenvalue weighted by molar-refractivity contribution is 0.132. The van der Waals surface area contributed by atoms with Gasteiger partial charge in [-0.1, -0.05) is 26.0 Å². The molecule has 100 valence electrons. The standard InChI is InChI=1S/C15H24N2O/c1-15(2,11-18)14(16)12-5-7-13(8-6-12)17-9-3-4-10-17/h5-8,14,18H,3-4,9-11,16H2,1-2H3/t14-/m0/s1. The van der Waals surface area contributed by atoms with E-state index in [-0.39, 0.29) is 18.1 Å². The molecule has 2 rings (SSSR count). The Bertz CT molecular complexity index is 380. The van der Waals surface area contributed by atoms with Crippen LogP contribution < -0.4 is 10.6 Å². The van der Waals surface area contributed by atoms with Crippen molar-refractivity contribution in [2.75, 3.05) is 24.6 Å². The van der Waals surface area contributed by atoms with Gasteiger partial charge in [0.05, 0.1) is 0 Å². The van der Waals surface area contributed by atoms with Crippen molar-refractivity contribution in [1.82, 2.24) is 0 Å². The zero-order valence-electron chi connectivity index (χ0n) is 11.4. The molecule has 0 spiro atoms. The highest BCUT2D eigenvalue weighted by Crippen LogP contribution is 2.31. The lowest BCUT2D eigenvalue weighted by Gasteiger charge is -2.30. The van der Waals surface area contributed by atoms with E-state index in [0.29, 0.717) is 0 Å². The van der Waals surface area contributed by atoms with E-state index in [2.05, 4.69) is 29.2 Å². The summed E-state index contributed by atoms with van der Waals surface area (Å²) in [6, 6.07) is 8.35. The van der Waals surface area contributed by atoms with Crippen molar-refractivity contribution in [2.24, 2.45) is 11.1 Å². The van der Waals surface area contributed by atoms with Gasteiger partial charge in [0.15, 0.2) is 0 Å². The molecule has 3 heteroatoms.